The smallest absolute Gasteiger partial charge is 0.244 e. The van der Waals surface area contributed by atoms with Crippen LogP contribution in [0.15, 0.2) is 48.7 Å². The number of aromatic nitrogens is 3. The molecule has 0 saturated heterocycles. The van der Waals surface area contributed by atoms with Crippen molar-refractivity contribution in [3.63, 3.8) is 0 Å². The number of methoxy groups -OCH3 is 2. The van der Waals surface area contributed by atoms with Crippen molar-refractivity contribution in [2.75, 3.05) is 31.4 Å². The van der Waals surface area contributed by atoms with E-state index in [1.807, 2.05) is 42.5 Å². The van der Waals surface area contributed by atoms with Gasteiger partial charge in [0.25, 0.3) is 0 Å². The molecule has 0 aliphatic carbocycles. The second kappa shape index (κ2) is 9.75. The summed E-state index contributed by atoms with van der Waals surface area (Å²) >= 11 is 6.16. The maximum absolute atomic E-state index is 6.16. The molecular formula is C20H22ClN5O2. The van der Waals surface area contributed by atoms with E-state index in [9.17, 15) is 0 Å². The number of halogens is 1. The second-order valence-corrected chi connectivity index (χ2v) is 6.38. The van der Waals surface area contributed by atoms with Crippen molar-refractivity contribution >= 4 is 23.4 Å². The summed E-state index contributed by atoms with van der Waals surface area (Å²) < 4.78 is 10.6. The van der Waals surface area contributed by atoms with Crippen LogP contribution in [0.25, 0.3) is 0 Å². The van der Waals surface area contributed by atoms with Crippen molar-refractivity contribution in [1.29, 1.82) is 0 Å². The lowest BCUT2D eigenvalue weighted by atomic mass is 10.1. The predicted molar refractivity (Wildman–Crippen MR) is 110 cm³/mol. The third kappa shape index (κ3) is 5.23. The number of hydrogen-bond acceptors (Lipinski definition) is 7. The summed E-state index contributed by atoms with van der Waals surface area (Å²) in [6, 6.07) is 13.5. The van der Waals surface area contributed by atoms with Gasteiger partial charge >= 0.3 is 0 Å². The molecule has 0 spiro atoms. The Morgan fingerprint density at radius 3 is 2.61 bits per heavy atom. The summed E-state index contributed by atoms with van der Waals surface area (Å²) in [6.07, 6.45) is 2.39. The van der Waals surface area contributed by atoms with Crippen LogP contribution in [0.5, 0.6) is 11.5 Å². The Bertz CT molecular complexity index is 923. The van der Waals surface area contributed by atoms with Gasteiger partial charge in [0.05, 0.1) is 20.4 Å². The Balaban J connectivity index is 1.54. The fourth-order valence-electron chi connectivity index (χ4n) is 2.65. The largest absolute Gasteiger partial charge is 0.493 e. The van der Waals surface area contributed by atoms with Gasteiger partial charge in [-0.1, -0.05) is 35.9 Å². The molecule has 0 aliphatic heterocycles. The summed E-state index contributed by atoms with van der Waals surface area (Å²) in [7, 11) is 3.25. The van der Waals surface area contributed by atoms with Gasteiger partial charge in [0.15, 0.2) is 17.3 Å². The quantitative estimate of drug-likeness (QED) is 0.566. The summed E-state index contributed by atoms with van der Waals surface area (Å²) in [5, 5.41) is 15.1. The van der Waals surface area contributed by atoms with Crippen LogP contribution in [0.4, 0.5) is 11.8 Å². The molecule has 28 heavy (non-hydrogen) atoms. The Labute approximate surface area is 169 Å². The molecule has 7 nitrogen and oxygen atoms in total. The standard InChI is InChI=1S/C20H22ClN5O2/c1-27-17-8-7-14(11-18(17)28-2)9-10-22-19-13-24-26-20(25-19)23-12-15-5-3-4-6-16(15)21/h3-8,11,13H,9-10,12H2,1-2H3,(H2,22,23,25,26). The molecule has 0 unspecified atom stereocenters. The minimum atomic E-state index is 0.441. The van der Waals surface area contributed by atoms with E-state index < -0.39 is 0 Å². The van der Waals surface area contributed by atoms with E-state index in [0.29, 0.717) is 35.6 Å². The Kier molecular flexibility index (Phi) is 6.86. The first kappa shape index (κ1) is 19.7. The lowest BCUT2D eigenvalue weighted by Gasteiger charge is -2.11. The summed E-state index contributed by atoms with van der Waals surface area (Å²) in [6.45, 7) is 1.22. The Hall–Kier alpha value is -3.06. The lowest BCUT2D eigenvalue weighted by molar-refractivity contribution is 0.354. The maximum atomic E-state index is 6.16. The van der Waals surface area contributed by atoms with Gasteiger partial charge in [-0.2, -0.15) is 10.1 Å². The fraction of sp³-hybridized carbons (Fsp3) is 0.250. The molecule has 0 atom stereocenters. The van der Waals surface area contributed by atoms with Gasteiger partial charge < -0.3 is 20.1 Å². The highest BCUT2D eigenvalue weighted by Crippen LogP contribution is 2.27. The highest BCUT2D eigenvalue weighted by atomic mass is 35.5. The van der Waals surface area contributed by atoms with Gasteiger partial charge in [-0.15, -0.1) is 5.10 Å². The molecule has 0 saturated carbocycles. The highest BCUT2D eigenvalue weighted by molar-refractivity contribution is 6.31. The number of ether oxygens (including phenoxy) is 2. The molecule has 3 rings (SSSR count). The summed E-state index contributed by atoms with van der Waals surface area (Å²) in [5.41, 5.74) is 2.10. The minimum Gasteiger partial charge on any atom is -0.493 e. The first-order valence-corrected chi connectivity index (χ1v) is 9.19. The van der Waals surface area contributed by atoms with E-state index in [1.165, 1.54) is 0 Å². The van der Waals surface area contributed by atoms with E-state index in [2.05, 4.69) is 25.8 Å². The maximum Gasteiger partial charge on any atom is 0.244 e. The highest BCUT2D eigenvalue weighted by Gasteiger charge is 2.06. The average molecular weight is 400 g/mol. The third-order valence-electron chi connectivity index (χ3n) is 4.12. The molecule has 146 valence electrons. The van der Waals surface area contributed by atoms with Gasteiger partial charge in [0, 0.05) is 18.1 Å². The molecule has 3 aromatic rings. The van der Waals surface area contributed by atoms with Gasteiger partial charge in [-0.25, -0.2) is 0 Å². The number of anilines is 2. The summed E-state index contributed by atoms with van der Waals surface area (Å²) in [5.74, 6) is 2.52. The minimum absolute atomic E-state index is 0.441. The Morgan fingerprint density at radius 1 is 1.00 bits per heavy atom. The van der Waals surface area contributed by atoms with Gasteiger partial charge in [-0.05, 0) is 35.7 Å². The summed E-state index contributed by atoms with van der Waals surface area (Å²) in [4.78, 5) is 4.43. The fourth-order valence-corrected chi connectivity index (χ4v) is 2.85. The number of nitrogens with one attached hydrogen (secondary N) is 2. The zero-order valence-corrected chi connectivity index (χ0v) is 16.5. The Morgan fingerprint density at radius 2 is 1.82 bits per heavy atom. The zero-order valence-electron chi connectivity index (χ0n) is 15.8. The van der Waals surface area contributed by atoms with Crippen molar-refractivity contribution < 1.29 is 9.47 Å². The van der Waals surface area contributed by atoms with Crippen LogP contribution in [-0.4, -0.2) is 35.9 Å². The van der Waals surface area contributed by atoms with E-state index >= 15 is 0 Å². The SMILES string of the molecule is COc1ccc(CCNc2cnnc(NCc3ccccc3Cl)n2)cc1OC. The zero-order chi connectivity index (χ0) is 19.8. The molecular weight excluding hydrogens is 378 g/mol. The van der Waals surface area contributed by atoms with Crippen LogP contribution in [-0.2, 0) is 13.0 Å². The van der Waals surface area contributed by atoms with Crippen LogP contribution < -0.4 is 20.1 Å². The molecule has 0 bridgehead atoms. The van der Waals surface area contributed by atoms with Gasteiger partial charge in [-0.3, -0.25) is 0 Å². The first-order valence-electron chi connectivity index (χ1n) is 8.81. The third-order valence-corrected chi connectivity index (χ3v) is 4.49. The lowest BCUT2D eigenvalue weighted by Crippen LogP contribution is -2.10. The predicted octanol–water partition coefficient (Wildman–Crippen LogP) is 3.81. The van der Waals surface area contributed by atoms with E-state index in [1.54, 1.807) is 20.4 Å². The van der Waals surface area contributed by atoms with Crippen LogP contribution in [0, 0.1) is 0 Å². The number of benzene rings is 2. The normalized spacial score (nSPS) is 10.4. The molecule has 2 N–H and O–H groups in total. The molecule has 0 fully saturated rings. The monoisotopic (exact) mass is 399 g/mol. The topological polar surface area (TPSA) is 81.2 Å². The van der Waals surface area contributed by atoms with E-state index in [-0.39, 0.29) is 0 Å². The van der Waals surface area contributed by atoms with Crippen LogP contribution in [0.2, 0.25) is 5.02 Å². The van der Waals surface area contributed by atoms with Crippen LogP contribution in [0.3, 0.4) is 0 Å². The van der Waals surface area contributed by atoms with Crippen molar-refractivity contribution in [3.05, 3.63) is 64.8 Å². The molecule has 2 aromatic carbocycles. The molecule has 0 aliphatic rings. The number of hydrogen-bond donors (Lipinski definition) is 2. The molecule has 1 heterocycles. The van der Waals surface area contributed by atoms with Crippen molar-refractivity contribution in [3.8, 4) is 11.5 Å². The molecule has 8 heteroatoms. The van der Waals surface area contributed by atoms with Crippen molar-refractivity contribution in [2.24, 2.45) is 0 Å². The van der Waals surface area contributed by atoms with Crippen LogP contribution in [0.1, 0.15) is 11.1 Å². The van der Waals surface area contributed by atoms with Gasteiger partial charge in [0.1, 0.15) is 0 Å². The van der Waals surface area contributed by atoms with E-state index in [0.717, 1.165) is 23.3 Å². The van der Waals surface area contributed by atoms with Crippen molar-refractivity contribution in [2.45, 2.75) is 13.0 Å². The average Bonchev–Trinajstić information content (AvgIpc) is 2.73. The number of nitrogens with zero attached hydrogens (tertiary/aromatic N) is 3. The van der Waals surface area contributed by atoms with Gasteiger partial charge in [0.2, 0.25) is 5.95 Å². The van der Waals surface area contributed by atoms with E-state index in [4.69, 9.17) is 21.1 Å². The first-order chi connectivity index (χ1) is 13.7. The molecule has 1 aromatic heterocycles. The molecule has 0 amide bonds. The van der Waals surface area contributed by atoms with Crippen LogP contribution >= 0.6 is 11.6 Å². The molecule has 0 radical (unpaired) electrons. The van der Waals surface area contributed by atoms with Crippen molar-refractivity contribution in [1.82, 2.24) is 15.2 Å². The number of rotatable bonds is 9. The second-order valence-electron chi connectivity index (χ2n) is 5.98.